The summed E-state index contributed by atoms with van der Waals surface area (Å²) in [7, 11) is 0. The summed E-state index contributed by atoms with van der Waals surface area (Å²) in [5.41, 5.74) is 2.06. The highest BCUT2D eigenvalue weighted by molar-refractivity contribution is 7.99. The lowest BCUT2D eigenvalue weighted by Gasteiger charge is -2.21. The van der Waals surface area contributed by atoms with E-state index in [9.17, 15) is 9.59 Å². The van der Waals surface area contributed by atoms with E-state index in [1.165, 1.54) is 11.8 Å². The Hall–Kier alpha value is -3.15. The van der Waals surface area contributed by atoms with Gasteiger partial charge in [-0.3, -0.25) is 14.5 Å². The first-order chi connectivity index (χ1) is 12.6. The maximum Gasteiger partial charge on any atom is 0.300 e. The summed E-state index contributed by atoms with van der Waals surface area (Å²) in [6.07, 6.45) is 0. The molecule has 0 fully saturated rings. The number of nitrogens with one attached hydrogen (secondary N) is 1. The average molecular weight is 360 g/mol. The molecular weight excluding hydrogens is 344 g/mol. The second-order valence-corrected chi connectivity index (χ2v) is 6.51. The van der Waals surface area contributed by atoms with Crippen molar-refractivity contribution in [3.63, 3.8) is 0 Å². The number of carbonyl (C=O) groups excluding carboxylic acids is 2. The minimum absolute atomic E-state index is 0.0803. The number of hydrogen-bond donors (Lipinski definition) is 1. The Morgan fingerprint density at radius 3 is 2.69 bits per heavy atom. The maximum absolute atomic E-state index is 13.0. The standard InChI is InChI=1S/C21H16N2O2S/c1-3-5-13-23-17-12-11-15(22-20(24)8-4-2)14-19(17)26-18-10-7-6-9-16(18)21(23)25/h6-7,9-12,14H,13H2,1-2H3,(H,22,24). The Kier molecular flexibility index (Phi) is 5.31. The third-order valence-electron chi connectivity index (χ3n) is 3.74. The van der Waals surface area contributed by atoms with Crippen LogP contribution >= 0.6 is 11.8 Å². The van der Waals surface area contributed by atoms with Crippen molar-refractivity contribution in [2.75, 3.05) is 16.8 Å². The topological polar surface area (TPSA) is 49.4 Å². The van der Waals surface area contributed by atoms with Crippen molar-refractivity contribution in [3.8, 4) is 23.7 Å². The van der Waals surface area contributed by atoms with Gasteiger partial charge in [-0.05, 0) is 50.1 Å². The smallest absolute Gasteiger partial charge is 0.300 e. The maximum atomic E-state index is 13.0. The van der Waals surface area contributed by atoms with Crippen molar-refractivity contribution < 1.29 is 9.59 Å². The van der Waals surface area contributed by atoms with Crippen molar-refractivity contribution in [2.45, 2.75) is 23.6 Å². The van der Waals surface area contributed by atoms with Crippen molar-refractivity contribution in [2.24, 2.45) is 0 Å². The molecule has 0 saturated carbocycles. The van der Waals surface area contributed by atoms with E-state index >= 15 is 0 Å². The van der Waals surface area contributed by atoms with Gasteiger partial charge in [0.15, 0.2) is 0 Å². The molecule has 5 heteroatoms. The number of hydrogen-bond acceptors (Lipinski definition) is 3. The molecule has 1 N–H and O–H groups in total. The van der Waals surface area contributed by atoms with Gasteiger partial charge < -0.3 is 5.32 Å². The molecule has 1 aliphatic heterocycles. The molecule has 0 radical (unpaired) electrons. The summed E-state index contributed by atoms with van der Waals surface area (Å²) in [6, 6.07) is 13.0. The van der Waals surface area contributed by atoms with Crippen LogP contribution in [-0.4, -0.2) is 18.4 Å². The number of anilines is 2. The van der Waals surface area contributed by atoms with Crippen LogP contribution < -0.4 is 10.2 Å². The minimum Gasteiger partial charge on any atom is -0.315 e. The minimum atomic E-state index is -0.365. The van der Waals surface area contributed by atoms with Crippen molar-refractivity contribution in [3.05, 3.63) is 48.0 Å². The van der Waals surface area contributed by atoms with Crippen LogP contribution in [0, 0.1) is 23.7 Å². The largest absolute Gasteiger partial charge is 0.315 e. The van der Waals surface area contributed by atoms with E-state index < -0.39 is 0 Å². The molecule has 0 atom stereocenters. The van der Waals surface area contributed by atoms with Crippen LogP contribution in [0.1, 0.15) is 24.2 Å². The molecule has 2 aromatic carbocycles. The van der Waals surface area contributed by atoms with Crippen molar-refractivity contribution in [1.82, 2.24) is 0 Å². The molecule has 4 nitrogen and oxygen atoms in total. The van der Waals surface area contributed by atoms with Gasteiger partial charge in [0.1, 0.15) is 0 Å². The number of amides is 2. The molecule has 1 aliphatic rings. The number of benzene rings is 2. The predicted octanol–water partition coefficient (Wildman–Crippen LogP) is 3.78. The molecular formula is C21H16N2O2S. The molecule has 1 heterocycles. The molecule has 0 bridgehead atoms. The van der Waals surface area contributed by atoms with E-state index in [1.54, 1.807) is 24.8 Å². The number of carbonyl (C=O) groups is 2. The van der Waals surface area contributed by atoms with Gasteiger partial charge in [0.2, 0.25) is 0 Å². The molecule has 0 aliphatic carbocycles. The van der Waals surface area contributed by atoms with E-state index in [2.05, 4.69) is 29.0 Å². The first-order valence-corrected chi connectivity index (χ1v) is 8.82. The molecule has 0 aromatic heterocycles. The van der Waals surface area contributed by atoms with Crippen LogP contribution in [0.3, 0.4) is 0 Å². The second-order valence-electron chi connectivity index (χ2n) is 5.43. The predicted molar refractivity (Wildman–Crippen MR) is 104 cm³/mol. The molecule has 0 saturated heterocycles. The highest BCUT2D eigenvalue weighted by atomic mass is 32.2. The average Bonchev–Trinajstić information content (AvgIpc) is 2.74. The highest BCUT2D eigenvalue weighted by Crippen LogP contribution is 2.42. The lowest BCUT2D eigenvalue weighted by atomic mass is 10.1. The van der Waals surface area contributed by atoms with Crippen LogP contribution in [0.4, 0.5) is 11.4 Å². The van der Waals surface area contributed by atoms with E-state index in [4.69, 9.17) is 0 Å². The lowest BCUT2D eigenvalue weighted by Crippen LogP contribution is -2.31. The molecule has 2 aromatic rings. The van der Waals surface area contributed by atoms with Gasteiger partial charge in [-0.1, -0.05) is 35.7 Å². The van der Waals surface area contributed by atoms with Crippen LogP contribution in [0.2, 0.25) is 0 Å². The first-order valence-electron chi connectivity index (χ1n) is 8.00. The van der Waals surface area contributed by atoms with Gasteiger partial charge in [0.25, 0.3) is 11.8 Å². The third-order valence-corrected chi connectivity index (χ3v) is 4.87. The van der Waals surface area contributed by atoms with Crippen LogP contribution in [0.25, 0.3) is 0 Å². The van der Waals surface area contributed by atoms with Gasteiger partial charge in [-0.25, -0.2) is 0 Å². The summed E-state index contributed by atoms with van der Waals surface area (Å²) < 4.78 is 0. The van der Waals surface area contributed by atoms with Gasteiger partial charge in [0.05, 0.1) is 17.8 Å². The summed E-state index contributed by atoms with van der Waals surface area (Å²) in [4.78, 5) is 28.2. The summed E-state index contributed by atoms with van der Waals surface area (Å²) in [6.45, 7) is 3.67. The molecule has 2 amide bonds. The third kappa shape index (κ3) is 3.59. The Morgan fingerprint density at radius 2 is 1.92 bits per heavy atom. The van der Waals surface area contributed by atoms with Gasteiger partial charge in [-0.15, -0.1) is 5.92 Å². The molecule has 0 spiro atoms. The number of nitrogens with zero attached hydrogens (tertiary/aromatic N) is 1. The molecule has 3 rings (SSSR count). The zero-order valence-corrected chi connectivity index (χ0v) is 15.2. The van der Waals surface area contributed by atoms with E-state index in [0.717, 1.165) is 15.5 Å². The fourth-order valence-electron chi connectivity index (χ4n) is 2.59. The Balaban J connectivity index is 2.07. The highest BCUT2D eigenvalue weighted by Gasteiger charge is 2.26. The van der Waals surface area contributed by atoms with Crippen LogP contribution in [0.15, 0.2) is 52.3 Å². The summed E-state index contributed by atoms with van der Waals surface area (Å²) >= 11 is 1.50. The zero-order valence-electron chi connectivity index (χ0n) is 14.4. The summed E-state index contributed by atoms with van der Waals surface area (Å²) in [5, 5.41) is 2.75. The zero-order chi connectivity index (χ0) is 18.5. The fourth-order valence-corrected chi connectivity index (χ4v) is 3.71. The lowest BCUT2D eigenvalue weighted by molar-refractivity contribution is -0.111. The van der Waals surface area contributed by atoms with Crippen LogP contribution in [0.5, 0.6) is 0 Å². The monoisotopic (exact) mass is 360 g/mol. The quantitative estimate of drug-likeness (QED) is 0.829. The van der Waals surface area contributed by atoms with E-state index in [1.807, 2.05) is 36.4 Å². The first kappa shape index (κ1) is 17.7. The molecule has 0 unspecified atom stereocenters. The molecule has 128 valence electrons. The van der Waals surface area contributed by atoms with Crippen molar-refractivity contribution >= 4 is 35.0 Å². The Morgan fingerprint density at radius 1 is 1.12 bits per heavy atom. The molecule has 26 heavy (non-hydrogen) atoms. The second kappa shape index (κ2) is 7.82. The van der Waals surface area contributed by atoms with Crippen molar-refractivity contribution in [1.29, 1.82) is 0 Å². The number of rotatable bonds is 2. The Labute approximate surface area is 157 Å². The van der Waals surface area contributed by atoms with E-state index in [-0.39, 0.29) is 11.8 Å². The fraction of sp³-hybridized carbons (Fsp3) is 0.143. The SMILES string of the molecule is CC#CCN1C(=O)c2ccccc2Sc2cc(NC(=O)C#CC)ccc21. The number of fused-ring (bicyclic) bond motifs is 2. The van der Waals surface area contributed by atoms with Gasteiger partial charge in [-0.2, -0.15) is 0 Å². The summed E-state index contributed by atoms with van der Waals surface area (Å²) in [5.74, 6) is 10.4. The van der Waals surface area contributed by atoms with E-state index in [0.29, 0.717) is 17.8 Å². The van der Waals surface area contributed by atoms with Gasteiger partial charge >= 0.3 is 0 Å². The normalized spacial score (nSPS) is 11.8. The van der Waals surface area contributed by atoms with Gasteiger partial charge in [0, 0.05) is 15.5 Å². The Bertz CT molecular complexity index is 1010. The van der Waals surface area contributed by atoms with Crippen LogP contribution in [-0.2, 0) is 4.79 Å².